The topological polar surface area (TPSA) is 88.6 Å². The summed E-state index contributed by atoms with van der Waals surface area (Å²) in [6.45, 7) is 2.05. The number of methoxy groups -OCH3 is 1. The average Bonchev–Trinajstić information content (AvgIpc) is 2.97. The Balaban J connectivity index is 1.56. The van der Waals surface area contributed by atoms with Crippen LogP contribution in [0.2, 0.25) is 5.02 Å². The number of esters is 1. The predicted octanol–water partition coefficient (Wildman–Crippen LogP) is 6.58. The molecule has 2 aromatic carbocycles. The molecule has 1 aromatic heterocycles. The average molecular weight is 580 g/mol. The summed E-state index contributed by atoms with van der Waals surface area (Å²) in [7, 11) is 1.30. The number of ether oxygens (including phenoxy) is 1. The lowest BCUT2D eigenvalue weighted by atomic mass is 9.92. The molecule has 0 radical (unpaired) electrons. The molecule has 10 heteroatoms. The summed E-state index contributed by atoms with van der Waals surface area (Å²) in [6, 6.07) is 10.3. The molecule has 0 fully saturated rings. The first-order valence-corrected chi connectivity index (χ1v) is 13.7. The van der Waals surface area contributed by atoms with Crippen molar-refractivity contribution < 1.29 is 27.9 Å². The molecule has 7 nitrogen and oxygen atoms in total. The van der Waals surface area contributed by atoms with Crippen molar-refractivity contribution in [2.75, 3.05) is 19.0 Å². The highest BCUT2D eigenvalue weighted by Gasteiger charge is 2.31. The normalized spacial score (nSPS) is 19.3. The number of hydrogen-bond donors (Lipinski definition) is 1. The van der Waals surface area contributed by atoms with Crippen LogP contribution >= 0.6 is 11.6 Å². The first-order valence-electron chi connectivity index (χ1n) is 13.3. The number of hydrogen-bond acceptors (Lipinski definition) is 5. The van der Waals surface area contributed by atoms with E-state index in [4.69, 9.17) is 16.3 Å². The maximum Gasteiger partial charge on any atom is 0.337 e. The van der Waals surface area contributed by atoms with Crippen molar-refractivity contribution in [1.82, 2.24) is 9.88 Å². The fourth-order valence-electron chi connectivity index (χ4n) is 5.39. The summed E-state index contributed by atoms with van der Waals surface area (Å²) in [5.41, 5.74) is 2.74. The van der Waals surface area contributed by atoms with Crippen molar-refractivity contribution >= 4 is 40.6 Å². The minimum atomic E-state index is -0.892. The standard InChI is InChI=1S/C31H28ClF2N3O4/c1-17-4-3-5-26(37-13-11-19(16-27(37)38)28-23(33)8-7-22(32)29(28)34)25-15-18(10-12-35-25)21-14-20(31(40)41-2)6-9-24(21)36-30(17)39/h6-10,12,14-17,26H,3-5,11,13H2,1-2H3,(H,36,39)/t17-,26+/m1/s1. The summed E-state index contributed by atoms with van der Waals surface area (Å²) >= 11 is 5.88. The Morgan fingerprint density at radius 1 is 1.12 bits per heavy atom. The number of anilines is 1. The molecule has 3 heterocycles. The Labute approximate surface area is 241 Å². The monoisotopic (exact) mass is 579 g/mol. The number of nitrogens with one attached hydrogen (secondary N) is 1. The van der Waals surface area contributed by atoms with Gasteiger partial charge in [-0.2, -0.15) is 0 Å². The van der Waals surface area contributed by atoms with Crippen molar-refractivity contribution in [3.8, 4) is 11.1 Å². The number of halogens is 3. The summed E-state index contributed by atoms with van der Waals surface area (Å²) in [5.74, 6) is -3.05. The molecule has 0 aliphatic carbocycles. The van der Waals surface area contributed by atoms with Crippen molar-refractivity contribution in [1.29, 1.82) is 0 Å². The van der Waals surface area contributed by atoms with Gasteiger partial charge in [-0.15, -0.1) is 0 Å². The molecule has 2 aliphatic heterocycles. The largest absolute Gasteiger partial charge is 0.465 e. The highest BCUT2D eigenvalue weighted by atomic mass is 35.5. The number of amides is 2. The Morgan fingerprint density at radius 2 is 1.93 bits per heavy atom. The lowest BCUT2D eigenvalue weighted by molar-refractivity contribution is -0.129. The van der Waals surface area contributed by atoms with E-state index in [1.54, 1.807) is 35.4 Å². The smallest absolute Gasteiger partial charge is 0.337 e. The second-order valence-electron chi connectivity index (χ2n) is 10.2. The van der Waals surface area contributed by atoms with Crippen LogP contribution in [0.1, 0.15) is 60.3 Å². The van der Waals surface area contributed by atoms with Crippen LogP contribution in [0, 0.1) is 17.6 Å². The molecular weight excluding hydrogens is 552 g/mol. The van der Waals surface area contributed by atoms with Gasteiger partial charge in [-0.1, -0.05) is 24.9 Å². The van der Waals surface area contributed by atoms with Gasteiger partial charge >= 0.3 is 5.97 Å². The number of rotatable bonds is 3. The SMILES string of the molecule is COC(=O)c1ccc2c(c1)-c1ccnc(c1)[C@@H](N1CCC(c3c(F)ccc(Cl)c3F)=CC1=O)CCC[C@@H](C)C(=O)N2. The number of aromatic nitrogens is 1. The molecular formula is C31H28ClF2N3O4. The zero-order valence-corrected chi connectivity index (χ0v) is 23.3. The van der Waals surface area contributed by atoms with Crippen LogP contribution in [0.5, 0.6) is 0 Å². The summed E-state index contributed by atoms with van der Waals surface area (Å²) in [4.78, 5) is 45.0. The maximum absolute atomic E-state index is 14.7. The zero-order chi connectivity index (χ0) is 29.3. The van der Waals surface area contributed by atoms with E-state index in [9.17, 15) is 23.2 Å². The van der Waals surface area contributed by atoms with E-state index in [-0.39, 0.29) is 40.9 Å². The molecule has 2 bridgehead atoms. The fourth-order valence-corrected chi connectivity index (χ4v) is 5.54. The van der Waals surface area contributed by atoms with Gasteiger partial charge in [-0.25, -0.2) is 13.6 Å². The van der Waals surface area contributed by atoms with Gasteiger partial charge in [0.15, 0.2) is 5.82 Å². The van der Waals surface area contributed by atoms with Crippen molar-refractivity contribution in [3.63, 3.8) is 0 Å². The van der Waals surface area contributed by atoms with Gasteiger partial charge in [0, 0.05) is 36.0 Å². The zero-order valence-electron chi connectivity index (χ0n) is 22.5. The molecule has 3 aromatic rings. The van der Waals surface area contributed by atoms with Gasteiger partial charge in [-0.05, 0) is 72.9 Å². The van der Waals surface area contributed by atoms with E-state index >= 15 is 0 Å². The Hall–Kier alpha value is -4.11. The van der Waals surface area contributed by atoms with Crippen LogP contribution in [0.25, 0.3) is 16.7 Å². The first-order chi connectivity index (χ1) is 19.7. The molecule has 1 N–H and O–H groups in total. The van der Waals surface area contributed by atoms with Gasteiger partial charge in [0.25, 0.3) is 0 Å². The number of carbonyl (C=O) groups is 3. The molecule has 41 heavy (non-hydrogen) atoms. The van der Waals surface area contributed by atoms with Gasteiger partial charge in [0.05, 0.1) is 35.0 Å². The van der Waals surface area contributed by atoms with Gasteiger partial charge in [0.1, 0.15) is 5.82 Å². The quantitative estimate of drug-likeness (QED) is 0.280. The Kier molecular flexibility index (Phi) is 8.17. The van der Waals surface area contributed by atoms with Crippen LogP contribution in [-0.4, -0.2) is 41.3 Å². The molecule has 212 valence electrons. The van der Waals surface area contributed by atoms with E-state index < -0.39 is 29.6 Å². The molecule has 2 aliphatic rings. The predicted molar refractivity (Wildman–Crippen MR) is 151 cm³/mol. The minimum absolute atomic E-state index is 0.157. The third-order valence-corrected chi connectivity index (χ3v) is 7.93. The van der Waals surface area contributed by atoms with Gasteiger partial charge in [-0.3, -0.25) is 14.6 Å². The molecule has 0 saturated carbocycles. The summed E-state index contributed by atoms with van der Waals surface area (Å²) in [5, 5.41) is 2.77. The molecule has 5 rings (SSSR count). The third kappa shape index (κ3) is 5.72. The second kappa shape index (κ2) is 11.8. The Bertz CT molecular complexity index is 1570. The van der Waals surface area contributed by atoms with Crippen molar-refractivity contribution in [2.24, 2.45) is 5.92 Å². The van der Waals surface area contributed by atoms with Crippen LogP contribution in [0.3, 0.4) is 0 Å². The number of carbonyl (C=O) groups excluding carboxylic acids is 3. The van der Waals surface area contributed by atoms with Crippen LogP contribution < -0.4 is 5.32 Å². The number of pyridine rings is 1. The molecule has 2 atom stereocenters. The van der Waals surface area contributed by atoms with E-state index in [1.165, 1.54) is 13.2 Å². The fraction of sp³-hybridized carbons (Fsp3) is 0.290. The molecule has 2 amide bonds. The first kappa shape index (κ1) is 28.4. The molecule has 0 saturated heterocycles. The highest BCUT2D eigenvalue weighted by molar-refractivity contribution is 6.31. The number of benzene rings is 2. The summed E-state index contributed by atoms with van der Waals surface area (Å²) < 4.78 is 34.1. The summed E-state index contributed by atoms with van der Waals surface area (Å²) in [6.07, 6.45) is 4.83. The lowest BCUT2D eigenvalue weighted by Crippen LogP contribution is -2.38. The lowest BCUT2D eigenvalue weighted by Gasteiger charge is -2.34. The van der Waals surface area contributed by atoms with Crippen molar-refractivity contribution in [3.05, 3.63) is 88.2 Å². The van der Waals surface area contributed by atoms with E-state index in [1.807, 2.05) is 13.0 Å². The number of fused-ring (bicyclic) bond motifs is 4. The van der Waals surface area contributed by atoms with Gasteiger partial charge in [0.2, 0.25) is 11.8 Å². The molecule has 0 unspecified atom stereocenters. The maximum atomic E-state index is 14.7. The van der Waals surface area contributed by atoms with E-state index in [0.717, 1.165) is 12.1 Å². The third-order valence-electron chi connectivity index (χ3n) is 7.64. The number of nitrogens with zero attached hydrogens (tertiary/aromatic N) is 2. The van der Waals surface area contributed by atoms with Gasteiger partial charge < -0.3 is 15.0 Å². The van der Waals surface area contributed by atoms with E-state index in [2.05, 4.69) is 10.3 Å². The minimum Gasteiger partial charge on any atom is -0.465 e. The Morgan fingerprint density at radius 3 is 2.68 bits per heavy atom. The van der Waals surface area contributed by atoms with Crippen LogP contribution in [0.15, 0.2) is 54.7 Å². The molecule has 0 spiro atoms. The van der Waals surface area contributed by atoms with Crippen LogP contribution in [0.4, 0.5) is 14.5 Å². The van der Waals surface area contributed by atoms with Crippen molar-refractivity contribution in [2.45, 2.75) is 38.6 Å². The second-order valence-corrected chi connectivity index (χ2v) is 10.6. The highest BCUT2D eigenvalue weighted by Crippen LogP contribution is 2.37. The van der Waals surface area contributed by atoms with Crippen LogP contribution in [-0.2, 0) is 14.3 Å². The van der Waals surface area contributed by atoms with E-state index in [0.29, 0.717) is 47.3 Å².